The number of nitrogens with one attached hydrogen (secondary N) is 2. The van der Waals surface area contributed by atoms with Crippen LogP contribution in [0.3, 0.4) is 0 Å². The molecule has 2 N–H and O–H groups in total. The molecule has 1 aromatic heterocycles. The van der Waals surface area contributed by atoms with Crippen molar-refractivity contribution in [1.82, 2.24) is 15.4 Å². The number of benzene rings is 2. The molecule has 1 fully saturated rings. The van der Waals surface area contributed by atoms with Crippen molar-refractivity contribution < 1.29 is 18.9 Å². The molecule has 0 saturated carbocycles. The minimum Gasteiger partial charge on any atom is -0.342 e. The Kier molecular flexibility index (Phi) is 5.90. The minimum absolute atomic E-state index is 0.0439. The van der Waals surface area contributed by atoms with Crippen molar-refractivity contribution in [3.05, 3.63) is 83.0 Å². The molecule has 1 saturated heterocycles. The molecule has 8 nitrogen and oxygen atoms in total. The fourth-order valence-electron chi connectivity index (χ4n) is 3.43. The van der Waals surface area contributed by atoms with Crippen LogP contribution in [0.4, 0.5) is 5.88 Å². The van der Waals surface area contributed by atoms with E-state index in [4.69, 9.17) is 4.52 Å². The van der Waals surface area contributed by atoms with Crippen LogP contribution in [-0.2, 0) is 9.59 Å². The van der Waals surface area contributed by atoms with Gasteiger partial charge < -0.3 is 9.84 Å². The number of carbonyl (C=O) groups is 3. The van der Waals surface area contributed by atoms with Gasteiger partial charge in [0.2, 0.25) is 17.7 Å². The lowest BCUT2D eigenvalue weighted by Gasteiger charge is -2.11. The van der Waals surface area contributed by atoms with Gasteiger partial charge in [0, 0.05) is 23.1 Å². The highest BCUT2D eigenvalue weighted by Gasteiger charge is 2.22. The monoisotopic (exact) mass is 418 g/mol. The van der Waals surface area contributed by atoms with Crippen molar-refractivity contribution in [3.63, 3.8) is 0 Å². The molecule has 0 aliphatic carbocycles. The SMILES string of the molecule is CC(c1cccc(C(=O)c2ccccc2)c1)c1cc(NC(=O)CN2CNC(=O)C2)on1. The second-order valence-corrected chi connectivity index (χ2v) is 7.45. The number of rotatable bonds is 7. The van der Waals surface area contributed by atoms with Crippen molar-refractivity contribution >= 4 is 23.5 Å². The van der Waals surface area contributed by atoms with Crippen LogP contribution in [0, 0.1) is 0 Å². The Morgan fingerprint density at radius 1 is 1.13 bits per heavy atom. The number of hydrogen-bond donors (Lipinski definition) is 2. The highest BCUT2D eigenvalue weighted by molar-refractivity contribution is 6.09. The van der Waals surface area contributed by atoms with E-state index in [1.54, 1.807) is 29.2 Å². The smallest absolute Gasteiger partial charge is 0.241 e. The first-order valence-electron chi connectivity index (χ1n) is 9.95. The number of hydrogen-bond acceptors (Lipinski definition) is 6. The van der Waals surface area contributed by atoms with Gasteiger partial charge in [-0.05, 0) is 11.6 Å². The van der Waals surface area contributed by atoms with Gasteiger partial charge in [-0.2, -0.15) is 0 Å². The molecule has 8 heteroatoms. The normalized spacial score (nSPS) is 14.8. The van der Waals surface area contributed by atoms with Gasteiger partial charge in [0.1, 0.15) is 0 Å². The molecule has 1 atom stereocenters. The summed E-state index contributed by atoms with van der Waals surface area (Å²) in [6, 6.07) is 18.2. The van der Waals surface area contributed by atoms with Crippen molar-refractivity contribution in [2.45, 2.75) is 12.8 Å². The molecule has 4 rings (SSSR count). The third-order valence-electron chi connectivity index (χ3n) is 5.15. The molecule has 2 amide bonds. The molecule has 31 heavy (non-hydrogen) atoms. The van der Waals surface area contributed by atoms with Gasteiger partial charge in [0.15, 0.2) is 5.78 Å². The van der Waals surface area contributed by atoms with Gasteiger partial charge >= 0.3 is 0 Å². The zero-order chi connectivity index (χ0) is 21.8. The Bertz CT molecular complexity index is 1110. The quantitative estimate of drug-likeness (QED) is 0.571. The Labute approximate surface area is 179 Å². The van der Waals surface area contributed by atoms with E-state index < -0.39 is 0 Å². The first-order chi connectivity index (χ1) is 15.0. The molecular weight excluding hydrogens is 396 g/mol. The van der Waals surface area contributed by atoms with E-state index in [0.29, 0.717) is 23.5 Å². The van der Waals surface area contributed by atoms with Gasteiger partial charge in [0.05, 0.1) is 25.5 Å². The maximum absolute atomic E-state index is 12.7. The van der Waals surface area contributed by atoms with Crippen LogP contribution in [0.15, 0.2) is 65.2 Å². The molecule has 1 aliphatic heterocycles. The first kappa shape index (κ1) is 20.5. The number of aromatic nitrogens is 1. The summed E-state index contributed by atoms with van der Waals surface area (Å²) in [5.41, 5.74) is 2.78. The topological polar surface area (TPSA) is 105 Å². The van der Waals surface area contributed by atoms with Crippen molar-refractivity contribution in [2.75, 3.05) is 25.1 Å². The minimum atomic E-state index is -0.290. The predicted octanol–water partition coefficient (Wildman–Crippen LogP) is 2.39. The van der Waals surface area contributed by atoms with E-state index in [9.17, 15) is 14.4 Å². The highest BCUT2D eigenvalue weighted by atomic mass is 16.5. The molecule has 2 aromatic carbocycles. The van der Waals surface area contributed by atoms with E-state index in [2.05, 4.69) is 15.8 Å². The molecule has 1 unspecified atom stereocenters. The van der Waals surface area contributed by atoms with Gasteiger partial charge in [0.25, 0.3) is 0 Å². The van der Waals surface area contributed by atoms with Crippen molar-refractivity contribution in [2.24, 2.45) is 0 Å². The lowest BCUT2D eigenvalue weighted by molar-refractivity contribution is -0.119. The lowest BCUT2D eigenvalue weighted by Crippen LogP contribution is -2.32. The Hall–Kier alpha value is -3.78. The van der Waals surface area contributed by atoms with E-state index >= 15 is 0 Å². The van der Waals surface area contributed by atoms with Crippen LogP contribution in [0.2, 0.25) is 0 Å². The van der Waals surface area contributed by atoms with E-state index in [1.165, 1.54) is 0 Å². The predicted molar refractivity (Wildman–Crippen MR) is 114 cm³/mol. The van der Waals surface area contributed by atoms with Crippen molar-refractivity contribution in [1.29, 1.82) is 0 Å². The average molecular weight is 418 g/mol. The molecule has 3 aromatic rings. The summed E-state index contributed by atoms with van der Waals surface area (Å²) in [4.78, 5) is 37.8. The zero-order valence-corrected chi connectivity index (χ0v) is 17.0. The van der Waals surface area contributed by atoms with Gasteiger partial charge in [-0.3, -0.25) is 24.6 Å². The summed E-state index contributed by atoms with van der Waals surface area (Å²) in [6.45, 7) is 2.58. The van der Waals surface area contributed by atoms with Crippen LogP contribution in [0.25, 0.3) is 0 Å². The third kappa shape index (κ3) is 4.87. The first-order valence-corrected chi connectivity index (χ1v) is 9.95. The molecule has 0 radical (unpaired) electrons. The van der Waals surface area contributed by atoms with E-state index in [0.717, 1.165) is 5.56 Å². The second kappa shape index (κ2) is 8.93. The Balaban J connectivity index is 1.42. The average Bonchev–Trinajstić information content (AvgIpc) is 3.42. The number of anilines is 1. The second-order valence-electron chi connectivity index (χ2n) is 7.45. The lowest BCUT2D eigenvalue weighted by atomic mass is 9.94. The number of ketones is 1. The molecule has 2 heterocycles. The highest BCUT2D eigenvalue weighted by Crippen LogP contribution is 2.26. The maximum atomic E-state index is 12.7. The maximum Gasteiger partial charge on any atom is 0.241 e. The van der Waals surface area contributed by atoms with Gasteiger partial charge in [-0.25, -0.2) is 0 Å². The van der Waals surface area contributed by atoms with Crippen LogP contribution < -0.4 is 10.6 Å². The van der Waals surface area contributed by atoms with E-state index in [1.807, 2.05) is 43.3 Å². The standard InChI is InChI=1S/C23H22N4O4/c1-15(17-8-5-9-18(10-17)23(30)16-6-3-2-4-7-16)19-11-22(31-26-19)25-21(29)13-27-12-20(28)24-14-27/h2-11,15H,12-14H2,1H3,(H,24,28)(H,25,29). The molecular formula is C23H22N4O4. The molecule has 0 bridgehead atoms. The van der Waals surface area contributed by atoms with Crippen LogP contribution >= 0.6 is 0 Å². The fourth-order valence-corrected chi connectivity index (χ4v) is 3.43. The van der Waals surface area contributed by atoms with Crippen LogP contribution in [0.5, 0.6) is 0 Å². The number of amides is 2. The Morgan fingerprint density at radius 2 is 1.90 bits per heavy atom. The summed E-state index contributed by atoms with van der Waals surface area (Å²) in [6.07, 6.45) is 0. The fraction of sp³-hybridized carbons (Fsp3) is 0.217. The van der Waals surface area contributed by atoms with E-state index in [-0.39, 0.29) is 42.5 Å². The number of carbonyl (C=O) groups excluding carboxylic acids is 3. The summed E-state index contributed by atoms with van der Waals surface area (Å²) in [7, 11) is 0. The summed E-state index contributed by atoms with van der Waals surface area (Å²) >= 11 is 0. The zero-order valence-electron chi connectivity index (χ0n) is 17.0. The number of nitrogens with zero attached hydrogens (tertiary/aromatic N) is 2. The van der Waals surface area contributed by atoms with Crippen LogP contribution in [0.1, 0.15) is 40.0 Å². The van der Waals surface area contributed by atoms with Gasteiger partial charge in [-0.1, -0.05) is 60.6 Å². The largest absolute Gasteiger partial charge is 0.342 e. The molecule has 0 spiro atoms. The van der Waals surface area contributed by atoms with Crippen molar-refractivity contribution in [3.8, 4) is 0 Å². The Morgan fingerprint density at radius 3 is 2.65 bits per heavy atom. The summed E-state index contributed by atoms with van der Waals surface area (Å²) < 4.78 is 5.26. The summed E-state index contributed by atoms with van der Waals surface area (Å²) in [5, 5.41) is 9.37. The van der Waals surface area contributed by atoms with Crippen LogP contribution in [-0.4, -0.2) is 47.4 Å². The molecule has 1 aliphatic rings. The molecule has 158 valence electrons. The summed E-state index contributed by atoms with van der Waals surface area (Å²) in [5.74, 6) is -0.336. The van der Waals surface area contributed by atoms with Gasteiger partial charge in [-0.15, -0.1) is 0 Å². The third-order valence-corrected chi connectivity index (χ3v) is 5.15.